The van der Waals surface area contributed by atoms with E-state index in [1.165, 1.54) is 6.20 Å². The Morgan fingerprint density at radius 3 is 1.90 bits per heavy atom. The topological polar surface area (TPSA) is 137 Å². The second kappa shape index (κ2) is 18.5. The van der Waals surface area contributed by atoms with Crippen LogP contribution >= 0.6 is 0 Å². The summed E-state index contributed by atoms with van der Waals surface area (Å²) in [5, 5.41) is 19.1. The van der Waals surface area contributed by atoms with Crippen LogP contribution in [0.25, 0.3) is 22.0 Å². The minimum absolute atomic E-state index is 0.363. The summed E-state index contributed by atoms with van der Waals surface area (Å²) in [5.74, 6) is 0.681. The van der Waals surface area contributed by atoms with Crippen LogP contribution in [0.2, 0.25) is 6.82 Å². The van der Waals surface area contributed by atoms with E-state index in [9.17, 15) is 5.02 Å². The fourth-order valence-electron chi connectivity index (χ4n) is 3.74. The van der Waals surface area contributed by atoms with Crippen molar-refractivity contribution in [3.63, 3.8) is 0 Å². The first-order valence-electron chi connectivity index (χ1n) is 13.4. The Hall–Kier alpha value is -2.84. The highest BCUT2D eigenvalue weighted by molar-refractivity contribution is 6.64. The summed E-state index contributed by atoms with van der Waals surface area (Å²) in [6, 6.07) is 11.4. The lowest BCUT2D eigenvalue weighted by molar-refractivity contribution is -0.0159. The molecule has 2 aromatic carbocycles. The largest absolute Gasteiger partial charge is 0.491 e. The zero-order chi connectivity index (χ0) is 28.4. The molecule has 12 heteroatoms. The summed E-state index contributed by atoms with van der Waals surface area (Å²) in [4.78, 5) is 0. The van der Waals surface area contributed by atoms with Gasteiger partial charge in [-0.1, -0.05) is 25.0 Å². The van der Waals surface area contributed by atoms with E-state index in [0.717, 1.165) is 22.0 Å². The molecule has 0 aliphatic rings. The third kappa shape index (κ3) is 11.0. The molecule has 0 saturated heterocycles. The minimum Gasteiger partial charge on any atom is -0.491 e. The first kappa shape index (κ1) is 31.7. The number of nitrogens with two attached hydrogens (primary N) is 1. The lowest BCUT2D eigenvalue weighted by Gasteiger charge is -2.15. The first-order chi connectivity index (χ1) is 19.6. The Balaban J connectivity index is 1.31. The molecule has 0 fully saturated rings. The zero-order valence-corrected chi connectivity index (χ0v) is 23.4. The number of anilines is 1. The summed E-state index contributed by atoms with van der Waals surface area (Å²) < 4.78 is 38.3. The SMILES string of the molecule is COCCOCCOCCOCCOCCOCCOc1ccc(B(C)O)cc1-c1ccc2c(N)cnnc2c1. The normalized spacial score (nSPS) is 11.3. The van der Waals surface area contributed by atoms with Gasteiger partial charge in [0.2, 0.25) is 0 Å². The van der Waals surface area contributed by atoms with E-state index in [-0.39, 0.29) is 0 Å². The van der Waals surface area contributed by atoms with Crippen molar-refractivity contribution in [3.8, 4) is 16.9 Å². The molecule has 3 rings (SSSR count). The molecular weight excluding hydrogens is 517 g/mol. The Bertz CT molecular complexity index is 1140. The Morgan fingerprint density at radius 2 is 1.32 bits per heavy atom. The van der Waals surface area contributed by atoms with E-state index in [0.29, 0.717) is 96.2 Å². The van der Waals surface area contributed by atoms with Crippen LogP contribution in [-0.4, -0.2) is 109 Å². The van der Waals surface area contributed by atoms with Crippen LogP contribution in [-0.2, 0) is 28.4 Å². The van der Waals surface area contributed by atoms with Crippen LogP contribution in [0.3, 0.4) is 0 Å². The molecule has 3 N–H and O–H groups in total. The number of nitrogens with zero attached hydrogens (tertiary/aromatic N) is 2. The number of hydrogen-bond donors (Lipinski definition) is 2. The van der Waals surface area contributed by atoms with E-state index >= 15 is 0 Å². The van der Waals surface area contributed by atoms with Gasteiger partial charge in [-0.2, -0.15) is 10.2 Å². The lowest BCUT2D eigenvalue weighted by atomic mass is 9.64. The zero-order valence-electron chi connectivity index (χ0n) is 23.4. The molecule has 11 nitrogen and oxygen atoms in total. The molecule has 0 aliphatic heterocycles. The second-order valence-electron chi connectivity index (χ2n) is 8.87. The van der Waals surface area contributed by atoms with E-state index in [2.05, 4.69) is 10.2 Å². The van der Waals surface area contributed by atoms with Crippen molar-refractivity contribution in [3.05, 3.63) is 42.6 Å². The monoisotopic (exact) mass is 557 g/mol. The number of hydrogen-bond acceptors (Lipinski definition) is 11. The highest BCUT2D eigenvalue weighted by Gasteiger charge is 2.14. The van der Waals surface area contributed by atoms with Crippen LogP contribution in [0.5, 0.6) is 5.75 Å². The molecule has 0 amide bonds. The fraction of sp³-hybridized carbons (Fsp3) is 0.500. The van der Waals surface area contributed by atoms with E-state index in [4.69, 9.17) is 38.9 Å². The molecule has 1 aromatic heterocycles. The highest BCUT2D eigenvalue weighted by atomic mass is 16.6. The average Bonchev–Trinajstić information content (AvgIpc) is 2.96. The van der Waals surface area contributed by atoms with Gasteiger partial charge in [-0.3, -0.25) is 0 Å². The molecule has 0 aliphatic carbocycles. The maximum Gasteiger partial charge on any atom is 0.320 e. The van der Waals surface area contributed by atoms with Crippen LogP contribution < -0.4 is 15.9 Å². The molecule has 0 saturated carbocycles. The Labute approximate surface area is 235 Å². The highest BCUT2D eigenvalue weighted by Crippen LogP contribution is 2.32. The number of nitrogen functional groups attached to an aromatic ring is 1. The predicted molar refractivity (Wildman–Crippen MR) is 154 cm³/mol. The number of methoxy groups -OCH3 is 1. The summed E-state index contributed by atoms with van der Waals surface area (Å²) in [6.07, 6.45) is 1.53. The number of rotatable bonds is 21. The van der Waals surface area contributed by atoms with Gasteiger partial charge in [0.1, 0.15) is 12.4 Å². The van der Waals surface area contributed by atoms with E-state index in [1.807, 2.05) is 36.4 Å². The van der Waals surface area contributed by atoms with Crippen LogP contribution in [0, 0.1) is 0 Å². The molecule has 218 valence electrons. The number of ether oxygens (including phenoxy) is 7. The quantitative estimate of drug-likeness (QED) is 0.147. The minimum atomic E-state index is -0.609. The van der Waals surface area contributed by atoms with Gasteiger partial charge >= 0.3 is 6.92 Å². The lowest BCUT2D eigenvalue weighted by Crippen LogP contribution is -2.26. The summed E-state index contributed by atoms with van der Waals surface area (Å²) >= 11 is 0. The number of aromatic nitrogens is 2. The molecule has 0 unspecified atom stereocenters. The molecule has 3 aromatic rings. The fourth-order valence-corrected chi connectivity index (χ4v) is 3.74. The van der Waals surface area contributed by atoms with Crippen LogP contribution in [0.1, 0.15) is 0 Å². The third-order valence-electron chi connectivity index (χ3n) is 5.87. The molecule has 0 atom stereocenters. The van der Waals surface area contributed by atoms with E-state index < -0.39 is 6.92 Å². The third-order valence-corrected chi connectivity index (χ3v) is 5.87. The molecule has 0 radical (unpaired) electrons. The van der Waals surface area contributed by atoms with Crippen molar-refractivity contribution in [2.24, 2.45) is 0 Å². The van der Waals surface area contributed by atoms with Gasteiger partial charge < -0.3 is 43.9 Å². The summed E-state index contributed by atoms with van der Waals surface area (Å²) in [7, 11) is 1.64. The second-order valence-corrected chi connectivity index (χ2v) is 8.87. The van der Waals surface area contributed by atoms with Gasteiger partial charge in [-0.15, -0.1) is 0 Å². The first-order valence-corrected chi connectivity index (χ1v) is 13.4. The van der Waals surface area contributed by atoms with Gasteiger partial charge in [0.05, 0.1) is 90.1 Å². The number of benzene rings is 2. The van der Waals surface area contributed by atoms with Crippen molar-refractivity contribution < 1.29 is 38.2 Å². The Kier molecular flexibility index (Phi) is 14.7. The maximum absolute atomic E-state index is 10.1. The van der Waals surface area contributed by atoms with Gasteiger partial charge in [-0.05, 0) is 29.2 Å². The maximum atomic E-state index is 10.1. The molecule has 1 heterocycles. The van der Waals surface area contributed by atoms with Gasteiger partial charge in [-0.25, -0.2) is 0 Å². The van der Waals surface area contributed by atoms with Crippen molar-refractivity contribution in [1.82, 2.24) is 10.2 Å². The number of fused-ring (bicyclic) bond motifs is 1. The molecular formula is C28H40BN3O8. The predicted octanol–water partition coefficient (Wildman–Crippen LogP) is 1.81. The Morgan fingerprint density at radius 1 is 0.750 bits per heavy atom. The summed E-state index contributed by atoms with van der Waals surface area (Å²) in [6.45, 7) is 7.06. The van der Waals surface area contributed by atoms with E-state index in [1.54, 1.807) is 13.9 Å². The van der Waals surface area contributed by atoms with Crippen molar-refractivity contribution in [2.45, 2.75) is 6.82 Å². The van der Waals surface area contributed by atoms with Crippen LogP contribution in [0.4, 0.5) is 5.69 Å². The smallest absolute Gasteiger partial charge is 0.320 e. The molecule has 0 spiro atoms. The summed E-state index contributed by atoms with van der Waals surface area (Å²) in [5.41, 5.74) is 9.79. The standard InChI is InChI=1S/C28H40BN3O8/c1-29(33)23-4-6-28(25(20-23)22-3-5-24-26(30)21-31-32-27(24)19-22)40-18-17-39-16-15-38-14-13-37-12-11-36-10-9-35-8-7-34-2/h3-6,19-21,33H,7-18H2,1-2H3,(H2,30,32). The van der Waals surface area contributed by atoms with Gasteiger partial charge in [0.15, 0.2) is 0 Å². The van der Waals surface area contributed by atoms with Gasteiger partial charge in [0.25, 0.3) is 0 Å². The molecule has 40 heavy (non-hydrogen) atoms. The van der Waals surface area contributed by atoms with Crippen LogP contribution in [0.15, 0.2) is 42.6 Å². The molecule has 0 bridgehead atoms. The van der Waals surface area contributed by atoms with Gasteiger partial charge in [0, 0.05) is 18.1 Å². The van der Waals surface area contributed by atoms with Crippen molar-refractivity contribution >= 4 is 29.0 Å². The van der Waals surface area contributed by atoms with Crippen molar-refractivity contribution in [2.75, 3.05) is 92.1 Å². The average molecular weight is 557 g/mol. The van der Waals surface area contributed by atoms with Crippen molar-refractivity contribution in [1.29, 1.82) is 0 Å².